The summed E-state index contributed by atoms with van der Waals surface area (Å²) >= 11 is 0. The summed E-state index contributed by atoms with van der Waals surface area (Å²) < 4.78 is 0. The standard InChI is InChI=1S/C59H39N5/c1-4-14-40(15-5-1)43-26-31-46(32-27-43)57-62-58(47-33-28-44(29-34-47)41-16-6-2-7-17-41)64-59(63-57)53-25-13-23-50(38-53)49-22-12-24-51(37-49)54-39-55(61-56(60-54)45-19-8-3-9-20-45)52-35-30-42-18-10-11-21-48(42)36-52/h1-39H. The molecule has 2 aromatic heterocycles. The normalized spacial score (nSPS) is 11.1. The summed E-state index contributed by atoms with van der Waals surface area (Å²) in [6.45, 7) is 0. The largest absolute Gasteiger partial charge is 0.228 e. The summed E-state index contributed by atoms with van der Waals surface area (Å²) in [7, 11) is 0. The van der Waals surface area contributed by atoms with Gasteiger partial charge in [-0.25, -0.2) is 24.9 Å². The Morgan fingerprint density at radius 1 is 0.172 bits per heavy atom. The van der Waals surface area contributed by atoms with Gasteiger partial charge in [0.25, 0.3) is 0 Å². The lowest BCUT2D eigenvalue weighted by molar-refractivity contribution is 1.07. The number of hydrogen-bond donors (Lipinski definition) is 0. The van der Waals surface area contributed by atoms with Crippen LogP contribution in [0.5, 0.6) is 0 Å². The van der Waals surface area contributed by atoms with E-state index >= 15 is 0 Å². The molecule has 0 saturated heterocycles. The average Bonchev–Trinajstić information content (AvgIpc) is 3.39. The average molecular weight is 818 g/mol. The van der Waals surface area contributed by atoms with Gasteiger partial charge in [-0.1, -0.05) is 212 Å². The first-order chi connectivity index (χ1) is 31.7. The van der Waals surface area contributed by atoms with Crippen LogP contribution in [0.4, 0.5) is 0 Å². The minimum Gasteiger partial charge on any atom is -0.228 e. The monoisotopic (exact) mass is 817 g/mol. The van der Waals surface area contributed by atoms with E-state index < -0.39 is 0 Å². The Labute approximate surface area is 372 Å². The molecule has 9 aromatic carbocycles. The SMILES string of the molecule is c1ccc(-c2ccc(-c3nc(-c4ccc(-c5ccccc5)cc4)nc(-c4cccc(-c5cccc(-c6cc(-c7ccc8ccccc8c7)nc(-c7ccccc7)n6)c5)c4)n3)cc2)cc1. The highest BCUT2D eigenvalue weighted by atomic mass is 15.0. The number of aromatic nitrogens is 5. The fraction of sp³-hybridized carbons (Fsp3) is 0. The fourth-order valence-electron chi connectivity index (χ4n) is 8.15. The Hall–Kier alpha value is -8.67. The maximum atomic E-state index is 5.15. The molecule has 0 aliphatic carbocycles. The molecule has 0 fully saturated rings. The third-order valence-electron chi connectivity index (χ3n) is 11.6. The Morgan fingerprint density at radius 3 is 1.05 bits per heavy atom. The van der Waals surface area contributed by atoms with Crippen molar-refractivity contribution < 1.29 is 0 Å². The van der Waals surface area contributed by atoms with E-state index in [1.54, 1.807) is 0 Å². The molecule has 5 heteroatoms. The topological polar surface area (TPSA) is 64.5 Å². The second kappa shape index (κ2) is 17.0. The van der Waals surface area contributed by atoms with Crippen molar-refractivity contribution in [2.75, 3.05) is 0 Å². The van der Waals surface area contributed by atoms with Crippen molar-refractivity contribution in [2.45, 2.75) is 0 Å². The van der Waals surface area contributed by atoms with Gasteiger partial charge in [-0.3, -0.25) is 0 Å². The van der Waals surface area contributed by atoms with Crippen molar-refractivity contribution in [1.29, 1.82) is 0 Å². The molecule has 11 rings (SSSR count). The molecule has 0 spiro atoms. The van der Waals surface area contributed by atoms with Crippen molar-refractivity contribution in [3.05, 3.63) is 237 Å². The van der Waals surface area contributed by atoms with E-state index in [2.05, 4.69) is 206 Å². The first kappa shape index (κ1) is 38.3. The van der Waals surface area contributed by atoms with Gasteiger partial charge in [0.1, 0.15) is 0 Å². The molecule has 64 heavy (non-hydrogen) atoms. The van der Waals surface area contributed by atoms with Crippen LogP contribution in [0, 0.1) is 0 Å². The minimum atomic E-state index is 0.598. The summed E-state index contributed by atoms with van der Waals surface area (Å²) in [6, 6.07) is 81.8. The highest BCUT2D eigenvalue weighted by molar-refractivity contribution is 5.88. The third kappa shape index (κ3) is 7.97. The predicted octanol–water partition coefficient (Wildman–Crippen LogP) is 14.8. The number of benzene rings is 9. The summed E-state index contributed by atoms with van der Waals surface area (Å²) in [5.74, 6) is 2.50. The maximum Gasteiger partial charge on any atom is 0.164 e. The summed E-state index contributed by atoms with van der Waals surface area (Å²) in [6.07, 6.45) is 0. The predicted molar refractivity (Wildman–Crippen MR) is 262 cm³/mol. The van der Waals surface area contributed by atoms with Crippen molar-refractivity contribution in [2.24, 2.45) is 0 Å². The lowest BCUT2D eigenvalue weighted by atomic mass is 9.98. The molecular formula is C59H39N5. The molecule has 0 amide bonds. The van der Waals surface area contributed by atoms with E-state index in [9.17, 15) is 0 Å². The van der Waals surface area contributed by atoms with E-state index in [0.29, 0.717) is 23.3 Å². The molecular weight excluding hydrogens is 779 g/mol. The van der Waals surface area contributed by atoms with Gasteiger partial charge in [0.2, 0.25) is 0 Å². The van der Waals surface area contributed by atoms with E-state index in [0.717, 1.165) is 78.1 Å². The van der Waals surface area contributed by atoms with Gasteiger partial charge in [0.15, 0.2) is 23.3 Å². The van der Waals surface area contributed by atoms with Crippen LogP contribution in [-0.2, 0) is 0 Å². The van der Waals surface area contributed by atoms with Crippen LogP contribution in [0.2, 0.25) is 0 Å². The lowest BCUT2D eigenvalue weighted by Gasteiger charge is -2.12. The molecule has 0 N–H and O–H groups in total. The van der Waals surface area contributed by atoms with Crippen LogP contribution in [0.25, 0.3) is 112 Å². The van der Waals surface area contributed by atoms with E-state index in [-0.39, 0.29) is 0 Å². The molecule has 0 aliphatic rings. The Kier molecular flexibility index (Phi) is 10.2. The second-order valence-electron chi connectivity index (χ2n) is 15.7. The first-order valence-corrected chi connectivity index (χ1v) is 21.4. The van der Waals surface area contributed by atoms with Crippen LogP contribution in [-0.4, -0.2) is 24.9 Å². The lowest BCUT2D eigenvalue weighted by Crippen LogP contribution is -2.00. The molecule has 300 valence electrons. The zero-order valence-corrected chi connectivity index (χ0v) is 34.8. The van der Waals surface area contributed by atoms with Gasteiger partial charge in [-0.15, -0.1) is 0 Å². The molecule has 0 unspecified atom stereocenters. The highest BCUT2D eigenvalue weighted by Gasteiger charge is 2.16. The number of nitrogens with zero attached hydrogens (tertiary/aromatic N) is 5. The number of rotatable bonds is 9. The van der Waals surface area contributed by atoms with Gasteiger partial charge in [-0.05, 0) is 68.4 Å². The van der Waals surface area contributed by atoms with Gasteiger partial charge in [0.05, 0.1) is 11.4 Å². The van der Waals surface area contributed by atoms with Gasteiger partial charge in [0, 0.05) is 33.4 Å². The Morgan fingerprint density at radius 2 is 0.500 bits per heavy atom. The molecule has 5 nitrogen and oxygen atoms in total. The molecule has 0 aliphatic heterocycles. The Balaban J connectivity index is 0.978. The van der Waals surface area contributed by atoms with E-state index in [4.69, 9.17) is 24.9 Å². The third-order valence-corrected chi connectivity index (χ3v) is 11.6. The Bertz CT molecular complexity index is 3310. The molecule has 0 bridgehead atoms. The maximum absolute atomic E-state index is 5.15. The van der Waals surface area contributed by atoms with Crippen LogP contribution in [0.3, 0.4) is 0 Å². The molecule has 2 heterocycles. The van der Waals surface area contributed by atoms with Crippen LogP contribution in [0.1, 0.15) is 0 Å². The fourth-order valence-corrected chi connectivity index (χ4v) is 8.15. The van der Waals surface area contributed by atoms with E-state index in [1.165, 1.54) is 10.8 Å². The van der Waals surface area contributed by atoms with Gasteiger partial charge >= 0.3 is 0 Å². The summed E-state index contributed by atoms with van der Waals surface area (Å²) in [5.41, 5.74) is 14.1. The van der Waals surface area contributed by atoms with Crippen LogP contribution < -0.4 is 0 Å². The zero-order valence-electron chi connectivity index (χ0n) is 34.8. The van der Waals surface area contributed by atoms with Crippen molar-refractivity contribution in [1.82, 2.24) is 24.9 Å². The smallest absolute Gasteiger partial charge is 0.164 e. The highest BCUT2D eigenvalue weighted by Crippen LogP contribution is 2.34. The van der Waals surface area contributed by atoms with Gasteiger partial charge in [-0.2, -0.15) is 0 Å². The van der Waals surface area contributed by atoms with Crippen LogP contribution >= 0.6 is 0 Å². The summed E-state index contributed by atoms with van der Waals surface area (Å²) in [4.78, 5) is 25.6. The molecule has 0 radical (unpaired) electrons. The van der Waals surface area contributed by atoms with Crippen molar-refractivity contribution >= 4 is 10.8 Å². The second-order valence-corrected chi connectivity index (χ2v) is 15.7. The quantitative estimate of drug-likeness (QED) is 0.145. The molecule has 0 saturated carbocycles. The van der Waals surface area contributed by atoms with Crippen molar-refractivity contribution in [3.8, 4) is 101 Å². The molecule has 11 aromatic rings. The minimum absolute atomic E-state index is 0.598. The zero-order chi connectivity index (χ0) is 42.7. The summed E-state index contributed by atoms with van der Waals surface area (Å²) in [5, 5.41) is 2.36. The first-order valence-electron chi connectivity index (χ1n) is 21.4. The number of fused-ring (bicyclic) bond motifs is 1. The molecule has 0 atom stereocenters. The van der Waals surface area contributed by atoms with Crippen molar-refractivity contribution in [3.63, 3.8) is 0 Å². The number of hydrogen-bond acceptors (Lipinski definition) is 5. The van der Waals surface area contributed by atoms with Crippen LogP contribution in [0.15, 0.2) is 237 Å². The van der Waals surface area contributed by atoms with E-state index in [1.807, 2.05) is 30.3 Å². The van der Waals surface area contributed by atoms with Gasteiger partial charge < -0.3 is 0 Å².